The molecule has 0 saturated carbocycles. The van der Waals surface area contributed by atoms with Crippen LogP contribution in [0.3, 0.4) is 0 Å². The molecule has 0 unspecified atom stereocenters. The fourth-order valence-electron chi connectivity index (χ4n) is 10.9. The molecule has 1 aliphatic rings. The summed E-state index contributed by atoms with van der Waals surface area (Å²) in [6, 6.07) is 70.7. The molecule has 0 atom stereocenters. The standard InChI is InChI=1S/C62H37N3OS2/c1-2-14-38-35-53-47(32-37(38)13-1)42-16-5-8-21-52(42)65(53)60-46(28-31-58-59(60)45-27-24-36-12-3-4-15-41(36)61(45)68-58)62-63-50(39-25-29-55-48(33-39)43-17-6-9-22-54(43)66-55)19-11-20-51(64-62)40-26-30-57-49(34-40)44-18-7-10-23-56(44)67-57/h1-10,12-18,20-35H,11,19H2/b51-20-,63-50+,64-62-. The predicted molar refractivity (Wildman–Crippen MR) is 292 cm³/mol. The molecule has 4 nitrogen and oxygen atoms in total. The van der Waals surface area contributed by atoms with Gasteiger partial charge in [0.1, 0.15) is 11.2 Å². The molecule has 5 heterocycles. The fraction of sp³-hybridized carbons (Fsp3) is 0.0323. The van der Waals surface area contributed by atoms with Gasteiger partial charge in [0.25, 0.3) is 0 Å². The molecular weight excluding hydrogens is 867 g/mol. The highest BCUT2D eigenvalue weighted by molar-refractivity contribution is 7.27. The summed E-state index contributed by atoms with van der Waals surface area (Å²) in [5, 5.41) is 14.5. The lowest BCUT2D eigenvalue weighted by molar-refractivity contribution is 0.669. The van der Waals surface area contributed by atoms with Gasteiger partial charge in [0.15, 0.2) is 5.84 Å². The van der Waals surface area contributed by atoms with E-state index in [1.165, 1.54) is 72.7 Å². The average Bonchev–Trinajstić information content (AvgIpc) is 4.14. The van der Waals surface area contributed by atoms with Crippen LogP contribution in [0.1, 0.15) is 29.5 Å². The van der Waals surface area contributed by atoms with Gasteiger partial charge in [-0.05, 0) is 113 Å². The van der Waals surface area contributed by atoms with Gasteiger partial charge in [-0.15, -0.1) is 22.7 Å². The van der Waals surface area contributed by atoms with Gasteiger partial charge in [-0.2, -0.15) is 0 Å². The zero-order valence-electron chi connectivity index (χ0n) is 36.5. The number of benzene rings is 10. The van der Waals surface area contributed by atoms with Gasteiger partial charge in [0.2, 0.25) is 0 Å². The van der Waals surface area contributed by atoms with Crippen molar-refractivity contribution in [2.24, 2.45) is 9.98 Å². The lowest BCUT2D eigenvalue weighted by Gasteiger charge is -2.19. The van der Waals surface area contributed by atoms with Gasteiger partial charge in [0.05, 0.1) is 28.1 Å². The Bertz CT molecular complexity index is 4570. The highest BCUT2D eigenvalue weighted by atomic mass is 32.1. The number of para-hydroxylation sites is 2. The number of rotatable bonds is 4. The van der Waals surface area contributed by atoms with Crippen LogP contribution in [-0.4, -0.2) is 16.1 Å². The van der Waals surface area contributed by atoms with Crippen molar-refractivity contribution in [2.45, 2.75) is 12.8 Å². The molecule has 10 aromatic carbocycles. The number of nitrogens with zero attached hydrogens (tertiary/aromatic N) is 3. The summed E-state index contributed by atoms with van der Waals surface area (Å²) in [7, 11) is 0. The van der Waals surface area contributed by atoms with Crippen LogP contribution in [0.4, 0.5) is 0 Å². The number of allylic oxidation sites excluding steroid dienone is 1. The minimum atomic E-state index is 0.683. The van der Waals surface area contributed by atoms with Gasteiger partial charge in [0, 0.05) is 73.0 Å². The Morgan fingerprint density at radius 3 is 2.06 bits per heavy atom. The van der Waals surface area contributed by atoms with Gasteiger partial charge < -0.3 is 8.98 Å². The van der Waals surface area contributed by atoms with Crippen LogP contribution in [0.5, 0.6) is 0 Å². The fourth-order valence-corrected chi connectivity index (χ4v) is 13.2. The summed E-state index contributed by atoms with van der Waals surface area (Å²) in [6.07, 6.45) is 3.85. The van der Waals surface area contributed by atoms with E-state index in [0.717, 1.165) is 79.6 Å². The van der Waals surface area contributed by atoms with Crippen LogP contribution in [0.25, 0.3) is 117 Å². The minimum Gasteiger partial charge on any atom is -0.456 e. The normalized spacial score (nSPS) is 16.0. The van der Waals surface area contributed by atoms with E-state index in [4.69, 9.17) is 14.4 Å². The number of aromatic nitrogens is 1. The zero-order chi connectivity index (χ0) is 44.5. The highest BCUT2D eigenvalue weighted by Gasteiger charge is 2.25. The molecule has 4 aromatic heterocycles. The van der Waals surface area contributed by atoms with Gasteiger partial charge in [-0.1, -0.05) is 127 Å². The number of hydrogen-bond donors (Lipinski definition) is 0. The van der Waals surface area contributed by atoms with E-state index in [2.05, 4.69) is 193 Å². The maximum absolute atomic E-state index is 6.32. The van der Waals surface area contributed by atoms with E-state index in [-0.39, 0.29) is 0 Å². The van der Waals surface area contributed by atoms with E-state index < -0.39 is 0 Å². The lowest BCUT2D eigenvalue weighted by Crippen LogP contribution is -2.12. The number of amidine groups is 1. The predicted octanol–water partition coefficient (Wildman–Crippen LogP) is 17.8. The van der Waals surface area contributed by atoms with Gasteiger partial charge in [-0.3, -0.25) is 0 Å². The van der Waals surface area contributed by atoms with Gasteiger partial charge >= 0.3 is 0 Å². The molecule has 318 valence electrons. The monoisotopic (exact) mass is 903 g/mol. The van der Waals surface area contributed by atoms with Gasteiger partial charge in [-0.25, -0.2) is 9.98 Å². The Kier molecular flexibility index (Phi) is 8.20. The third-order valence-corrected chi connectivity index (χ3v) is 16.4. The number of fused-ring (bicyclic) bond motifs is 15. The first-order chi connectivity index (χ1) is 33.7. The summed E-state index contributed by atoms with van der Waals surface area (Å²) in [6.45, 7) is 0. The summed E-state index contributed by atoms with van der Waals surface area (Å²) in [5.41, 5.74) is 10.2. The highest BCUT2D eigenvalue weighted by Crippen LogP contribution is 2.46. The van der Waals surface area contributed by atoms with Crippen molar-refractivity contribution in [3.63, 3.8) is 0 Å². The van der Waals surface area contributed by atoms with Crippen LogP contribution in [-0.2, 0) is 0 Å². The third-order valence-electron chi connectivity index (χ3n) is 14.1. The summed E-state index contributed by atoms with van der Waals surface area (Å²) < 4.78 is 13.9. The van der Waals surface area contributed by atoms with E-state index in [0.29, 0.717) is 5.84 Å². The maximum Gasteiger partial charge on any atom is 0.162 e. The van der Waals surface area contributed by atoms with Crippen LogP contribution >= 0.6 is 22.7 Å². The lowest BCUT2D eigenvalue weighted by atomic mass is 9.99. The number of aliphatic imine (C=N–C) groups is 2. The first-order valence-electron chi connectivity index (χ1n) is 23.2. The van der Waals surface area contributed by atoms with E-state index in [1.54, 1.807) is 0 Å². The SMILES string of the molecule is C1=C(c2ccc3sc4ccccc4c3c2)/N=C(c2ccc3sc4c5ccccc5ccc4c3c2-n2c3ccccc3c3cc4ccccc4cc32)\N=C(\c2ccc3oc4ccccc4c3c2)CC\1. The van der Waals surface area contributed by atoms with E-state index >= 15 is 0 Å². The average molecular weight is 904 g/mol. The summed E-state index contributed by atoms with van der Waals surface area (Å²) in [5.74, 6) is 0.683. The summed E-state index contributed by atoms with van der Waals surface area (Å²) in [4.78, 5) is 11.6. The molecule has 0 N–H and O–H groups in total. The Hall–Kier alpha value is -8.16. The van der Waals surface area contributed by atoms with Crippen LogP contribution in [0, 0.1) is 0 Å². The van der Waals surface area contributed by atoms with Crippen molar-refractivity contribution < 1.29 is 4.42 Å². The van der Waals surface area contributed by atoms with Crippen molar-refractivity contribution in [1.82, 2.24) is 4.57 Å². The molecule has 0 fully saturated rings. The zero-order valence-corrected chi connectivity index (χ0v) is 38.2. The molecule has 0 aliphatic carbocycles. The first-order valence-corrected chi connectivity index (χ1v) is 24.8. The Morgan fingerprint density at radius 1 is 0.441 bits per heavy atom. The molecule has 15 rings (SSSR count). The van der Waals surface area contributed by atoms with Crippen molar-refractivity contribution in [1.29, 1.82) is 0 Å². The molecule has 1 aliphatic heterocycles. The van der Waals surface area contributed by atoms with Crippen LogP contribution in [0.2, 0.25) is 0 Å². The Balaban J connectivity index is 1.06. The van der Waals surface area contributed by atoms with Crippen LogP contribution < -0.4 is 0 Å². The van der Waals surface area contributed by atoms with E-state index in [9.17, 15) is 0 Å². The largest absolute Gasteiger partial charge is 0.456 e. The first kappa shape index (κ1) is 38.0. The minimum absolute atomic E-state index is 0.683. The van der Waals surface area contributed by atoms with Crippen molar-refractivity contribution in [3.8, 4) is 5.69 Å². The number of furan rings is 1. The van der Waals surface area contributed by atoms with Crippen molar-refractivity contribution in [2.75, 3.05) is 0 Å². The van der Waals surface area contributed by atoms with Crippen LogP contribution in [0.15, 0.2) is 215 Å². The third kappa shape index (κ3) is 5.71. The molecular formula is C62H37N3OS2. The van der Waals surface area contributed by atoms with E-state index in [1.807, 2.05) is 34.8 Å². The second-order valence-corrected chi connectivity index (χ2v) is 20.0. The molecule has 6 heteroatoms. The molecule has 0 spiro atoms. The Morgan fingerprint density at radius 2 is 1.15 bits per heavy atom. The topological polar surface area (TPSA) is 42.8 Å². The Labute approximate surface area is 397 Å². The molecule has 14 aromatic rings. The smallest absolute Gasteiger partial charge is 0.162 e. The molecule has 0 bridgehead atoms. The second kappa shape index (κ2) is 14.7. The maximum atomic E-state index is 6.32. The number of thiophene rings is 2. The van der Waals surface area contributed by atoms with Crippen molar-refractivity contribution >= 4 is 146 Å². The second-order valence-electron chi connectivity index (χ2n) is 17.9. The quantitative estimate of drug-likeness (QED) is 0.173. The summed E-state index contributed by atoms with van der Waals surface area (Å²) >= 11 is 3.71. The number of hydrogen-bond acceptors (Lipinski definition) is 5. The molecule has 0 radical (unpaired) electrons. The molecule has 0 amide bonds. The van der Waals surface area contributed by atoms with Crippen molar-refractivity contribution in [3.05, 3.63) is 217 Å². The molecule has 68 heavy (non-hydrogen) atoms. The molecule has 0 saturated heterocycles.